The summed E-state index contributed by atoms with van der Waals surface area (Å²) in [6.45, 7) is 1.64. The number of ether oxygens (including phenoxy) is 1. The van der Waals surface area contributed by atoms with Gasteiger partial charge in [0.1, 0.15) is 0 Å². The van der Waals surface area contributed by atoms with Gasteiger partial charge in [0.05, 0.1) is 13.2 Å². The minimum Gasteiger partial charge on any atom is -0.380 e. The Morgan fingerprint density at radius 2 is 2.25 bits per heavy atom. The van der Waals surface area contributed by atoms with Crippen molar-refractivity contribution >= 4 is 27.5 Å². The molecule has 1 rings (SSSR count). The summed E-state index contributed by atoms with van der Waals surface area (Å²) in [6.07, 6.45) is 0. The van der Waals surface area contributed by atoms with Crippen LogP contribution in [0.15, 0.2) is 0 Å². The highest BCUT2D eigenvalue weighted by atomic mass is 79.9. The zero-order chi connectivity index (χ0) is 6.04. The molecule has 0 amide bonds. The number of halogens is 2. The quantitative estimate of drug-likeness (QED) is 0.615. The zero-order valence-electron chi connectivity index (χ0n) is 4.49. The van der Waals surface area contributed by atoms with Crippen molar-refractivity contribution in [1.82, 2.24) is 0 Å². The molecule has 0 bridgehead atoms. The van der Waals surface area contributed by atoms with Gasteiger partial charge in [-0.3, -0.25) is 0 Å². The van der Waals surface area contributed by atoms with Gasteiger partial charge in [0.15, 0.2) is 0 Å². The summed E-state index contributed by atoms with van der Waals surface area (Å²) in [7, 11) is 0. The number of alkyl halides is 2. The fourth-order valence-corrected chi connectivity index (χ4v) is 1.58. The van der Waals surface area contributed by atoms with Crippen molar-refractivity contribution in [2.24, 2.45) is 5.41 Å². The molecule has 0 saturated carbocycles. The van der Waals surface area contributed by atoms with Crippen molar-refractivity contribution in [3.63, 3.8) is 0 Å². The van der Waals surface area contributed by atoms with Gasteiger partial charge < -0.3 is 4.74 Å². The van der Waals surface area contributed by atoms with E-state index in [-0.39, 0.29) is 5.41 Å². The van der Waals surface area contributed by atoms with Gasteiger partial charge in [-0.25, -0.2) is 0 Å². The lowest BCUT2D eigenvalue weighted by Gasteiger charge is -2.38. The first kappa shape index (κ1) is 6.84. The first-order valence-corrected chi connectivity index (χ1v) is 4.18. The summed E-state index contributed by atoms with van der Waals surface area (Å²) in [6, 6.07) is 0. The van der Waals surface area contributed by atoms with Crippen molar-refractivity contribution < 1.29 is 4.74 Å². The topological polar surface area (TPSA) is 9.23 Å². The van der Waals surface area contributed by atoms with Crippen LogP contribution in [0.5, 0.6) is 0 Å². The van der Waals surface area contributed by atoms with E-state index >= 15 is 0 Å². The van der Waals surface area contributed by atoms with E-state index in [4.69, 9.17) is 16.3 Å². The first-order valence-electron chi connectivity index (χ1n) is 2.53. The van der Waals surface area contributed by atoms with Gasteiger partial charge >= 0.3 is 0 Å². The molecular weight excluding hydrogens is 191 g/mol. The average Bonchev–Trinajstić information content (AvgIpc) is 1.67. The maximum Gasteiger partial charge on any atom is 0.0564 e. The predicted octanol–water partition coefficient (Wildman–Crippen LogP) is 1.64. The molecule has 1 heterocycles. The molecule has 0 aliphatic carbocycles. The predicted molar refractivity (Wildman–Crippen MR) is 37.8 cm³/mol. The van der Waals surface area contributed by atoms with E-state index in [1.807, 2.05) is 0 Å². The summed E-state index contributed by atoms with van der Waals surface area (Å²) in [5.74, 6) is 0.707. The molecule has 1 fully saturated rings. The second kappa shape index (κ2) is 2.54. The van der Waals surface area contributed by atoms with E-state index in [0.29, 0.717) is 5.88 Å². The van der Waals surface area contributed by atoms with E-state index in [1.54, 1.807) is 0 Å². The van der Waals surface area contributed by atoms with Crippen molar-refractivity contribution in [2.75, 3.05) is 24.4 Å². The van der Waals surface area contributed by atoms with Crippen LogP contribution in [-0.4, -0.2) is 24.4 Å². The van der Waals surface area contributed by atoms with Crippen LogP contribution in [-0.2, 0) is 4.74 Å². The molecule has 3 heteroatoms. The number of rotatable bonds is 2. The standard InChI is InChI=1S/C5H8BrClO/c6-1-5(2-7)3-8-4-5/h1-4H2. The molecule has 1 saturated heterocycles. The van der Waals surface area contributed by atoms with Gasteiger partial charge in [-0.2, -0.15) is 0 Å². The number of hydrogen-bond donors (Lipinski definition) is 0. The lowest BCUT2D eigenvalue weighted by Crippen LogP contribution is -2.45. The molecule has 0 atom stereocenters. The SMILES string of the molecule is ClCC1(CBr)COC1. The molecular formula is C5H8BrClO. The molecule has 1 aliphatic rings. The van der Waals surface area contributed by atoms with Crippen LogP contribution in [0.3, 0.4) is 0 Å². The fraction of sp³-hybridized carbons (Fsp3) is 1.00. The van der Waals surface area contributed by atoms with E-state index in [1.165, 1.54) is 0 Å². The van der Waals surface area contributed by atoms with Crippen LogP contribution in [0.25, 0.3) is 0 Å². The van der Waals surface area contributed by atoms with Gasteiger partial charge in [-0.15, -0.1) is 11.6 Å². The Bertz CT molecular complexity index is 69.0. The third-order valence-corrected chi connectivity index (χ3v) is 3.14. The van der Waals surface area contributed by atoms with Gasteiger partial charge in [0, 0.05) is 16.6 Å². The van der Waals surface area contributed by atoms with Crippen molar-refractivity contribution in [3.05, 3.63) is 0 Å². The molecule has 0 aromatic carbocycles. The Kier molecular flexibility index (Phi) is 2.18. The van der Waals surface area contributed by atoms with Crippen LogP contribution >= 0.6 is 27.5 Å². The summed E-state index contributed by atoms with van der Waals surface area (Å²) in [5.41, 5.74) is 0.265. The molecule has 48 valence electrons. The molecule has 1 nitrogen and oxygen atoms in total. The normalized spacial score (nSPS) is 24.8. The fourth-order valence-electron chi connectivity index (χ4n) is 0.581. The maximum atomic E-state index is 5.65. The van der Waals surface area contributed by atoms with Crippen LogP contribution in [0.4, 0.5) is 0 Å². The van der Waals surface area contributed by atoms with Gasteiger partial charge in [-0.05, 0) is 0 Å². The Morgan fingerprint density at radius 1 is 1.62 bits per heavy atom. The highest BCUT2D eigenvalue weighted by molar-refractivity contribution is 9.09. The molecule has 0 unspecified atom stereocenters. The van der Waals surface area contributed by atoms with Crippen LogP contribution in [0.2, 0.25) is 0 Å². The van der Waals surface area contributed by atoms with Crippen molar-refractivity contribution in [1.29, 1.82) is 0 Å². The van der Waals surface area contributed by atoms with E-state index in [9.17, 15) is 0 Å². The summed E-state index contributed by atoms with van der Waals surface area (Å²) < 4.78 is 5.01. The minimum atomic E-state index is 0.265. The lowest BCUT2D eigenvalue weighted by molar-refractivity contribution is -0.0831. The third-order valence-electron chi connectivity index (χ3n) is 1.38. The van der Waals surface area contributed by atoms with Gasteiger partial charge in [0.2, 0.25) is 0 Å². The van der Waals surface area contributed by atoms with Crippen LogP contribution < -0.4 is 0 Å². The number of hydrogen-bond acceptors (Lipinski definition) is 1. The second-order valence-electron chi connectivity index (χ2n) is 2.26. The Hall–Kier alpha value is 0.730. The first-order chi connectivity index (χ1) is 3.83. The van der Waals surface area contributed by atoms with Crippen LogP contribution in [0, 0.1) is 5.41 Å². The van der Waals surface area contributed by atoms with Gasteiger partial charge in [-0.1, -0.05) is 15.9 Å². The average molecular weight is 199 g/mol. The molecule has 0 aromatic rings. The monoisotopic (exact) mass is 198 g/mol. The van der Waals surface area contributed by atoms with E-state index in [2.05, 4.69) is 15.9 Å². The van der Waals surface area contributed by atoms with Crippen molar-refractivity contribution in [3.8, 4) is 0 Å². The summed E-state index contributed by atoms with van der Waals surface area (Å²) in [5, 5.41) is 0.962. The molecule has 0 spiro atoms. The highest BCUT2D eigenvalue weighted by Crippen LogP contribution is 2.30. The van der Waals surface area contributed by atoms with E-state index < -0.39 is 0 Å². The lowest BCUT2D eigenvalue weighted by atomic mass is 9.92. The second-order valence-corrected chi connectivity index (χ2v) is 3.09. The van der Waals surface area contributed by atoms with Gasteiger partial charge in [0.25, 0.3) is 0 Å². The Balaban J connectivity index is 2.33. The molecule has 1 aliphatic heterocycles. The molecule has 0 N–H and O–H groups in total. The smallest absolute Gasteiger partial charge is 0.0564 e. The Morgan fingerprint density at radius 3 is 2.25 bits per heavy atom. The van der Waals surface area contributed by atoms with Crippen LogP contribution in [0.1, 0.15) is 0 Å². The summed E-state index contributed by atoms with van der Waals surface area (Å²) in [4.78, 5) is 0. The molecule has 0 aromatic heterocycles. The maximum absolute atomic E-state index is 5.65. The van der Waals surface area contributed by atoms with Crippen molar-refractivity contribution in [2.45, 2.75) is 0 Å². The largest absolute Gasteiger partial charge is 0.380 e. The van der Waals surface area contributed by atoms with E-state index in [0.717, 1.165) is 18.5 Å². The third kappa shape index (κ3) is 1.02. The molecule has 0 radical (unpaired) electrons. The highest BCUT2D eigenvalue weighted by Gasteiger charge is 2.36. The summed E-state index contributed by atoms with van der Waals surface area (Å²) >= 11 is 9.03. The Labute approximate surface area is 62.5 Å². The molecule has 8 heavy (non-hydrogen) atoms. The zero-order valence-corrected chi connectivity index (χ0v) is 6.83. The minimum absolute atomic E-state index is 0.265.